The van der Waals surface area contributed by atoms with Crippen molar-refractivity contribution in [3.8, 4) is 0 Å². The first-order chi connectivity index (χ1) is 7.67. The fourth-order valence-electron chi connectivity index (χ4n) is 1.42. The second-order valence-corrected chi connectivity index (χ2v) is 4.97. The molecule has 1 aromatic rings. The van der Waals surface area contributed by atoms with Gasteiger partial charge in [-0.2, -0.15) is 0 Å². The fourth-order valence-corrected chi connectivity index (χ4v) is 2.12. The second kappa shape index (κ2) is 6.60. The number of rotatable bonds is 6. The smallest absolute Gasteiger partial charge is 0.263 e. The SMILES string of the molecule is CCC(CCO)CNC(=O)c1cnc(C)s1. The number of thiazole rings is 1. The summed E-state index contributed by atoms with van der Waals surface area (Å²) < 4.78 is 0. The van der Waals surface area contributed by atoms with Crippen LogP contribution in [0.4, 0.5) is 0 Å². The van der Waals surface area contributed by atoms with Gasteiger partial charge in [0.05, 0.1) is 11.2 Å². The van der Waals surface area contributed by atoms with E-state index in [4.69, 9.17) is 5.11 Å². The van der Waals surface area contributed by atoms with E-state index in [-0.39, 0.29) is 12.5 Å². The molecule has 0 saturated carbocycles. The standard InChI is InChI=1S/C11H18N2O2S/c1-3-9(4-5-14)6-13-11(15)10-7-12-8(2)16-10/h7,9,14H,3-6H2,1-2H3,(H,13,15). The molecule has 1 rings (SSSR count). The topological polar surface area (TPSA) is 62.2 Å². The molecular weight excluding hydrogens is 224 g/mol. The third kappa shape index (κ3) is 3.90. The molecule has 4 nitrogen and oxygen atoms in total. The van der Waals surface area contributed by atoms with Crippen molar-refractivity contribution in [3.63, 3.8) is 0 Å². The van der Waals surface area contributed by atoms with Crippen molar-refractivity contribution >= 4 is 17.2 Å². The predicted molar refractivity (Wildman–Crippen MR) is 64.7 cm³/mol. The summed E-state index contributed by atoms with van der Waals surface area (Å²) >= 11 is 1.40. The van der Waals surface area contributed by atoms with Crippen molar-refractivity contribution < 1.29 is 9.90 Å². The molecule has 0 bridgehead atoms. The summed E-state index contributed by atoms with van der Waals surface area (Å²) in [6.07, 6.45) is 3.30. The van der Waals surface area contributed by atoms with Gasteiger partial charge in [0, 0.05) is 13.2 Å². The van der Waals surface area contributed by atoms with Gasteiger partial charge in [-0.15, -0.1) is 11.3 Å². The molecule has 5 heteroatoms. The van der Waals surface area contributed by atoms with Gasteiger partial charge in [0.15, 0.2) is 0 Å². The summed E-state index contributed by atoms with van der Waals surface area (Å²) in [6, 6.07) is 0. The Morgan fingerprint density at radius 3 is 2.94 bits per heavy atom. The number of carbonyl (C=O) groups excluding carboxylic acids is 1. The first kappa shape index (κ1) is 13.1. The maximum Gasteiger partial charge on any atom is 0.263 e. The van der Waals surface area contributed by atoms with E-state index in [1.54, 1.807) is 6.20 Å². The van der Waals surface area contributed by atoms with Crippen molar-refractivity contribution in [2.75, 3.05) is 13.2 Å². The quantitative estimate of drug-likeness (QED) is 0.796. The number of aromatic nitrogens is 1. The molecule has 1 atom stereocenters. The van der Waals surface area contributed by atoms with E-state index in [0.717, 1.165) is 17.8 Å². The van der Waals surface area contributed by atoms with Gasteiger partial charge in [-0.25, -0.2) is 4.98 Å². The van der Waals surface area contributed by atoms with Gasteiger partial charge < -0.3 is 10.4 Å². The zero-order valence-electron chi connectivity index (χ0n) is 9.69. The van der Waals surface area contributed by atoms with Crippen LogP contribution >= 0.6 is 11.3 Å². The summed E-state index contributed by atoms with van der Waals surface area (Å²) in [6.45, 7) is 4.73. The molecule has 2 N–H and O–H groups in total. The van der Waals surface area contributed by atoms with Crippen molar-refractivity contribution in [3.05, 3.63) is 16.1 Å². The summed E-state index contributed by atoms with van der Waals surface area (Å²) in [4.78, 5) is 16.4. The summed E-state index contributed by atoms with van der Waals surface area (Å²) in [5.74, 6) is 0.282. The predicted octanol–water partition coefficient (Wildman–Crippen LogP) is 1.59. The lowest BCUT2D eigenvalue weighted by Gasteiger charge is -2.13. The highest BCUT2D eigenvalue weighted by atomic mass is 32.1. The highest BCUT2D eigenvalue weighted by molar-refractivity contribution is 7.13. The van der Waals surface area contributed by atoms with Crippen LogP contribution in [0.2, 0.25) is 0 Å². The lowest BCUT2D eigenvalue weighted by molar-refractivity contribution is 0.0947. The first-order valence-corrected chi connectivity index (χ1v) is 6.30. The number of hydrogen-bond donors (Lipinski definition) is 2. The molecule has 0 fully saturated rings. The average Bonchev–Trinajstić information content (AvgIpc) is 2.70. The summed E-state index contributed by atoms with van der Waals surface area (Å²) in [7, 11) is 0. The van der Waals surface area contributed by atoms with Crippen LogP contribution in [0.5, 0.6) is 0 Å². The van der Waals surface area contributed by atoms with E-state index in [0.29, 0.717) is 17.3 Å². The maximum atomic E-state index is 11.7. The zero-order valence-corrected chi connectivity index (χ0v) is 10.5. The van der Waals surface area contributed by atoms with Crippen molar-refractivity contribution in [2.24, 2.45) is 5.92 Å². The number of nitrogens with zero attached hydrogens (tertiary/aromatic N) is 1. The molecule has 0 aliphatic carbocycles. The second-order valence-electron chi connectivity index (χ2n) is 3.74. The van der Waals surface area contributed by atoms with Gasteiger partial charge in [0.25, 0.3) is 5.91 Å². The number of hydrogen-bond acceptors (Lipinski definition) is 4. The molecule has 16 heavy (non-hydrogen) atoms. The van der Waals surface area contributed by atoms with Crippen LogP contribution < -0.4 is 5.32 Å². The number of aliphatic hydroxyl groups is 1. The molecule has 1 heterocycles. The Kier molecular flexibility index (Phi) is 5.42. The van der Waals surface area contributed by atoms with Crippen LogP contribution in [0.15, 0.2) is 6.20 Å². The van der Waals surface area contributed by atoms with Crippen LogP contribution in [-0.4, -0.2) is 29.1 Å². The Balaban J connectivity index is 2.40. The van der Waals surface area contributed by atoms with E-state index in [9.17, 15) is 4.79 Å². The highest BCUT2D eigenvalue weighted by Gasteiger charge is 2.11. The molecule has 0 aliphatic heterocycles. The Bertz CT molecular complexity index is 338. The number of aryl methyl sites for hydroxylation is 1. The number of aliphatic hydroxyl groups excluding tert-OH is 1. The van der Waals surface area contributed by atoms with E-state index < -0.39 is 0 Å². The van der Waals surface area contributed by atoms with Gasteiger partial charge in [0.1, 0.15) is 4.88 Å². The largest absolute Gasteiger partial charge is 0.396 e. The minimum absolute atomic E-state index is 0.0676. The van der Waals surface area contributed by atoms with Crippen LogP contribution in [0.25, 0.3) is 0 Å². The van der Waals surface area contributed by atoms with Gasteiger partial charge >= 0.3 is 0 Å². The van der Waals surface area contributed by atoms with Crippen LogP contribution in [-0.2, 0) is 0 Å². The molecule has 0 saturated heterocycles. The van der Waals surface area contributed by atoms with Gasteiger partial charge in [-0.05, 0) is 19.3 Å². The molecular formula is C11H18N2O2S. The number of amides is 1. The molecule has 0 spiro atoms. The molecule has 1 unspecified atom stereocenters. The van der Waals surface area contributed by atoms with Crippen molar-refractivity contribution in [1.29, 1.82) is 0 Å². The Labute approximate surface area is 99.7 Å². The summed E-state index contributed by atoms with van der Waals surface area (Å²) in [5, 5.41) is 12.6. The monoisotopic (exact) mass is 242 g/mol. The maximum absolute atomic E-state index is 11.7. The van der Waals surface area contributed by atoms with E-state index in [2.05, 4.69) is 17.2 Å². The van der Waals surface area contributed by atoms with Crippen LogP contribution in [0, 0.1) is 12.8 Å². The van der Waals surface area contributed by atoms with E-state index in [1.165, 1.54) is 11.3 Å². The Morgan fingerprint density at radius 2 is 2.44 bits per heavy atom. The fraction of sp³-hybridized carbons (Fsp3) is 0.636. The molecule has 0 aromatic carbocycles. The van der Waals surface area contributed by atoms with Crippen LogP contribution in [0.1, 0.15) is 34.4 Å². The lowest BCUT2D eigenvalue weighted by atomic mass is 10.0. The molecule has 1 aromatic heterocycles. The molecule has 1 amide bonds. The molecule has 0 radical (unpaired) electrons. The zero-order chi connectivity index (χ0) is 12.0. The normalized spacial score (nSPS) is 12.4. The lowest BCUT2D eigenvalue weighted by Crippen LogP contribution is -2.29. The summed E-state index contributed by atoms with van der Waals surface area (Å²) in [5.41, 5.74) is 0. The average molecular weight is 242 g/mol. The first-order valence-electron chi connectivity index (χ1n) is 5.48. The molecule has 0 aliphatic rings. The van der Waals surface area contributed by atoms with Gasteiger partial charge in [0.2, 0.25) is 0 Å². The minimum atomic E-state index is -0.0676. The molecule has 90 valence electrons. The van der Waals surface area contributed by atoms with Gasteiger partial charge in [-0.1, -0.05) is 13.3 Å². The third-order valence-electron chi connectivity index (χ3n) is 2.51. The minimum Gasteiger partial charge on any atom is -0.396 e. The van der Waals surface area contributed by atoms with Crippen molar-refractivity contribution in [1.82, 2.24) is 10.3 Å². The third-order valence-corrected chi connectivity index (χ3v) is 3.42. The highest BCUT2D eigenvalue weighted by Crippen LogP contribution is 2.12. The van der Waals surface area contributed by atoms with Gasteiger partial charge in [-0.3, -0.25) is 4.79 Å². The number of carbonyl (C=O) groups is 1. The Morgan fingerprint density at radius 1 is 1.69 bits per heavy atom. The van der Waals surface area contributed by atoms with E-state index >= 15 is 0 Å². The van der Waals surface area contributed by atoms with Crippen molar-refractivity contribution in [2.45, 2.75) is 26.7 Å². The van der Waals surface area contributed by atoms with E-state index in [1.807, 2.05) is 6.92 Å². The number of nitrogens with one attached hydrogen (secondary N) is 1. The van der Waals surface area contributed by atoms with Crippen LogP contribution in [0.3, 0.4) is 0 Å². The Hall–Kier alpha value is -0.940.